The third-order valence-corrected chi connectivity index (χ3v) is 13.3. The van der Waals surface area contributed by atoms with Crippen molar-refractivity contribution in [1.82, 2.24) is 26.6 Å². The van der Waals surface area contributed by atoms with Crippen LogP contribution in [0.25, 0.3) is 0 Å². The van der Waals surface area contributed by atoms with E-state index in [1.54, 1.807) is 104 Å². The van der Waals surface area contributed by atoms with Gasteiger partial charge in [-0.25, -0.2) is 28.8 Å². The number of ether oxygens (including phenoxy) is 10. The summed E-state index contributed by atoms with van der Waals surface area (Å²) in [4.78, 5) is 93.4. The number of carbonyl (C=O) groups excluding carboxylic acids is 7. The zero-order valence-corrected chi connectivity index (χ0v) is 53.6. The number of aliphatic hydroxyl groups is 4. The molecule has 1 aromatic carbocycles. The minimum Gasteiger partial charge on any atom is -0.459 e. The van der Waals surface area contributed by atoms with Crippen LogP contribution < -0.4 is 31.9 Å². The third-order valence-electron chi connectivity index (χ3n) is 13.3. The molecular formula is C60H100N6O21. The van der Waals surface area contributed by atoms with Crippen molar-refractivity contribution >= 4 is 48.0 Å². The number of rotatable bonds is 22. The average Bonchev–Trinajstić information content (AvgIpc) is 0.918. The second-order valence-electron chi connectivity index (χ2n) is 27.2. The molecule has 87 heavy (non-hydrogen) atoms. The molecule has 0 spiro atoms. The van der Waals surface area contributed by atoms with E-state index in [0.717, 1.165) is 32.1 Å². The van der Waals surface area contributed by atoms with E-state index < -0.39 is 157 Å². The minimum absolute atomic E-state index is 0.0502. The number of anilines is 1. The SMILES string of the molecule is CCCCCCCCCC(=O)Nc1ccc(C(=O)OC[C@H]2O[C@H](OC3[C@@H](O)[C@H](O[C@H]4O[C@H](CNC(=O)OC(C)(C)C)[C@@H](O)C[C@H]4NC(=O)OC(C)(C)C)[C@@H](NC(=O)OC(C)(C)C)C[C@H]3NC(=O)OC(C)(C)C)[C@H](O)[C@@H](NC(=O)OC(C)(C)C)[C@@H]2O)cc1. The van der Waals surface area contributed by atoms with Crippen LogP contribution >= 0.6 is 0 Å². The molecule has 0 bridgehead atoms. The summed E-state index contributed by atoms with van der Waals surface area (Å²) in [5.74, 6) is -1.07. The number of unbranched alkanes of at least 4 members (excludes halogenated alkanes) is 6. The van der Waals surface area contributed by atoms with E-state index in [0.29, 0.717) is 12.1 Å². The number of hydrogen-bond donors (Lipinski definition) is 10. The molecule has 6 amide bonds. The largest absolute Gasteiger partial charge is 0.459 e. The molecule has 14 atom stereocenters. The Morgan fingerprint density at radius 3 is 1.44 bits per heavy atom. The molecule has 3 aliphatic rings. The molecule has 27 heteroatoms. The maximum Gasteiger partial charge on any atom is 0.408 e. The summed E-state index contributed by atoms with van der Waals surface area (Å²) in [6.07, 6.45) is -15.1. The summed E-state index contributed by atoms with van der Waals surface area (Å²) in [5.41, 5.74) is -4.60. The van der Waals surface area contributed by atoms with Crippen molar-refractivity contribution in [2.45, 2.75) is 289 Å². The molecular weight excluding hydrogens is 1140 g/mol. The van der Waals surface area contributed by atoms with Gasteiger partial charge in [0.25, 0.3) is 0 Å². The maximum atomic E-state index is 13.8. The van der Waals surface area contributed by atoms with Crippen molar-refractivity contribution in [3.63, 3.8) is 0 Å². The smallest absolute Gasteiger partial charge is 0.408 e. The fourth-order valence-corrected chi connectivity index (χ4v) is 9.54. The first-order chi connectivity index (χ1) is 40.2. The topological polar surface area (TPSA) is 365 Å². The molecule has 27 nitrogen and oxygen atoms in total. The van der Waals surface area contributed by atoms with Gasteiger partial charge in [0.2, 0.25) is 5.91 Å². The van der Waals surface area contributed by atoms with E-state index in [2.05, 4.69) is 38.8 Å². The number of alkyl carbamates (subject to hydrolysis) is 5. The fourth-order valence-electron chi connectivity index (χ4n) is 9.54. The zero-order valence-electron chi connectivity index (χ0n) is 53.6. The van der Waals surface area contributed by atoms with Crippen LogP contribution in [0.3, 0.4) is 0 Å². The van der Waals surface area contributed by atoms with Crippen LogP contribution in [0.15, 0.2) is 24.3 Å². The van der Waals surface area contributed by atoms with Gasteiger partial charge in [-0.15, -0.1) is 0 Å². The first-order valence-corrected chi connectivity index (χ1v) is 30.1. The highest BCUT2D eigenvalue weighted by Crippen LogP contribution is 2.34. The first-order valence-electron chi connectivity index (χ1n) is 30.1. The predicted octanol–water partition coefficient (Wildman–Crippen LogP) is 6.48. The second-order valence-corrected chi connectivity index (χ2v) is 27.2. The van der Waals surface area contributed by atoms with Gasteiger partial charge in [0.15, 0.2) is 12.6 Å². The van der Waals surface area contributed by atoms with Gasteiger partial charge in [0.1, 0.15) is 77.3 Å². The average molecular weight is 1240 g/mol. The Morgan fingerprint density at radius 2 is 0.943 bits per heavy atom. The van der Waals surface area contributed by atoms with E-state index in [1.165, 1.54) is 37.1 Å². The Balaban J connectivity index is 1.74. The van der Waals surface area contributed by atoms with Gasteiger partial charge < -0.3 is 99.7 Å². The highest BCUT2D eigenvalue weighted by atomic mass is 16.7. The standard InChI is InChI=1S/C60H100N6O21/c1-17-18-19-20-21-22-23-24-41(68)62-34-27-25-33(26-28-34)48(72)78-32-40-43(69)42(66-55(77)87-60(14,15)16)44(70)50(80-40)82-47-36(64-53(75)85-58(8,9)10)29-35(63-52(74)84-57(5,6)7)46(45(47)71)81-49-37(65-54(76)86-59(11,12)13)30-38(67)39(79-49)31-61-51(73)83-56(2,3)4/h25-28,35-40,42-47,49-50,67,69-71H,17-24,29-32H2,1-16H3,(H,61,73)(H,62,68)(H,63,74)(H,64,75)(H,65,76)(H,66,77)/t35-,36+,37+,38-,39+,40+,42-,43+,44+,45-,46+,47?,49+,50+/m0/s1. The molecule has 0 radical (unpaired) electrons. The van der Waals surface area contributed by atoms with Crippen molar-refractivity contribution in [2.24, 2.45) is 0 Å². The zero-order chi connectivity index (χ0) is 65.4. The van der Waals surface area contributed by atoms with Crippen LogP contribution in [-0.2, 0) is 52.2 Å². The molecule has 1 saturated carbocycles. The summed E-state index contributed by atoms with van der Waals surface area (Å²) in [6.45, 7) is 25.3. The molecule has 3 fully saturated rings. The van der Waals surface area contributed by atoms with Crippen molar-refractivity contribution in [3.05, 3.63) is 29.8 Å². The van der Waals surface area contributed by atoms with Gasteiger partial charge in [-0.1, -0.05) is 45.4 Å². The Hall–Kier alpha value is -5.81. The molecule has 1 aromatic rings. The molecule has 0 aromatic heterocycles. The predicted molar refractivity (Wildman–Crippen MR) is 315 cm³/mol. The number of carbonyl (C=O) groups is 7. The molecule has 4 rings (SSSR count). The van der Waals surface area contributed by atoms with Crippen LogP contribution in [0.2, 0.25) is 0 Å². The van der Waals surface area contributed by atoms with E-state index in [-0.39, 0.29) is 30.9 Å². The molecule has 496 valence electrons. The van der Waals surface area contributed by atoms with Crippen molar-refractivity contribution < 1.29 is 101 Å². The van der Waals surface area contributed by atoms with Crippen molar-refractivity contribution in [1.29, 1.82) is 0 Å². The van der Waals surface area contributed by atoms with E-state index in [9.17, 15) is 54.0 Å². The Kier molecular flexibility index (Phi) is 27.2. The molecule has 2 aliphatic heterocycles. The number of nitrogens with one attached hydrogen (secondary N) is 6. The fraction of sp³-hybridized carbons (Fsp3) is 0.783. The molecule has 10 N–H and O–H groups in total. The van der Waals surface area contributed by atoms with Crippen LogP contribution in [-0.4, -0.2) is 190 Å². The van der Waals surface area contributed by atoms with Crippen molar-refractivity contribution in [2.75, 3.05) is 18.5 Å². The lowest BCUT2D eigenvalue weighted by Gasteiger charge is -2.49. The summed E-state index contributed by atoms with van der Waals surface area (Å²) in [7, 11) is 0. The van der Waals surface area contributed by atoms with Crippen molar-refractivity contribution in [3.8, 4) is 0 Å². The lowest BCUT2D eigenvalue weighted by molar-refractivity contribution is -0.318. The van der Waals surface area contributed by atoms with Gasteiger partial charge in [-0.05, 0) is 141 Å². The first kappa shape index (κ1) is 73.7. The lowest BCUT2D eigenvalue weighted by Crippen LogP contribution is -2.70. The Labute approximate surface area is 511 Å². The van der Waals surface area contributed by atoms with Crippen LogP contribution in [0.1, 0.15) is 185 Å². The van der Waals surface area contributed by atoms with Gasteiger partial charge >= 0.3 is 36.4 Å². The third kappa shape index (κ3) is 26.4. The second kappa shape index (κ2) is 32.1. The highest BCUT2D eigenvalue weighted by Gasteiger charge is 2.54. The molecule has 1 unspecified atom stereocenters. The van der Waals surface area contributed by atoms with Gasteiger partial charge in [-0.3, -0.25) is 4.79 Å². The lowest BCUT2D eigenvalue weighted by atomic mass is 9.83. The number of benzene rings is 1. The molecule has 2 saturated heterocycles. The summed E-state index contributed by atoms with van der Waals surface area (Å²) in [6, 6.07) is 0.162. The van der Waals surface area contributed by atoms with E-state index >= 15 is 0 Å². The summed E-state index contributed by atoms with van der Waals surface area (Å²) < 4.78 is 58.8. The number of hydrogen-bond acceptors (Lipinski definition) is 21. The van der Waals surface area contributed by atoms with Crippen LogP contribution in [0.4, 0.5) is 29.7 Å². The van der Waals surface area contributed by atoms with Crippen LogP contribution in [0, 0.1) is 0 Å². The Morgan fingerprint density at radius 1 is 0.506 bits per heavy atom. The number of amides is 6. The highest BCUT2D eigenvalue weighted by molar-refractivity contribution is 5.93. The maximum absolute atomic E-state index is 13.8. The monoisotopic (exact) mass is 1240 g/mol. The van der Waals surface area contributed by atoms with E-state index in [1.807, 2.05) is 0 Å². The Bertz CT molecular complexity index is 2400. The normalized spacial score (nSPS) is 27.1. The van der Waals surface area contributed by atoms with E-state index in [4.69, 9.17) is 47.4 Å². The summed E-state index contributed by atoms with van der Waals surface area (Å²) in [5, 5.41) is 64.1. The molecule has 1 aliphatic carbocycles. The molecule has 2 heterocycles. The van der Waals surface area contributed by atoms with Gasteiger partial charge in [-0.2, -0.15) is 0 Å². The quantitative estimate of drug-likeness (QED) is 0.0337. The number of esters is 1. The summed E-state index contributed by atoms with van der Waals surface area (Å²) >= 11 is 0. The van der Waals surface area contributed by atoms with Crippen LogP contribution in [0.5, 0.6) is 0 Å². The van der Waals surface area contributed by atoms with Gasteiger partial charge in [0, 0.05) is 25.1 Å². The van der Waals surface area contributed by atoms with Gasteiger partial charge in [0.05, 0.1) is 35.8 Å². The minimum atomic E-state index is -2.04. The number of aliphatic hydroxyl groups excluding tert-OH is 4.